The lowest BCUT2D eigenvalue weighted by atomic mass is 10.4. The molecule has 2 N–H and O–H groups in total. The van der Waals surface area contributed by atoms with E-state index in [9.17, 15) is 0 Å². The van der Waals surface area contributed by atoms with Crippen LogP contribution in [0, 0.1) is 0 Å². The largest absolute Gasteiger partial charge is 0.367 e. The minimum atomic E-state index is 0.342. The van der Waals surface area contributed by atoms with E-state index in [2.05, 4.69) is 36.7 Å². The van der Waals surface area contributed by atoms with E-state index in [0.29, 0.717) is 5.95 Å². The third-order valence-corrected chi connectivity index (χ3v) is 4.30. The van der Waals surface area contributed by atoms with Gasteiger partial charge in [0.1, 0.15) is 0 Å². The van der Waals surface area contributed by atoms with Gasteiger partial charge in [-0.15, -0.1) is 11.3 Å². The van der Waals surface area contributed by atoms with Gasteiger partial charge in [-0.05, 0) is 22.0 Å². The molecule has 0 saturated heterocycles. The van der Waals surface area contributed by atoms with Crippen LogP contribution in [0.4, 0.5) is 11.1 Å². The van der Waals surface area contributed by atoms with E-state index in [1.54, 1.807) is 11.3 Å². The minimum absolute atomic E-state index is 0.342. The maximum Gasteiger partial charge on any atom is 0.233 e. The summed E-state index contributed by atoms with van der Waals surface area (Å²) in [4.78, 5) is 7.43. The van der Waals surface area contributed by atoms with Gasteiger partial charge in [0.2, 0.25) is 11.1 Å². The standard InChI is InChI=1S/C8H9BrN4S2/c1-13(8-11-7(10)12-15-8)3-6-2-5(9)4-14-6/h2,4H,3H2,1H3,(H2,10,12). The fraction of sp³-hybridized carbons (Fsp3) is 0.250. The minimum Gasteiger partial charge on any atom is -0.367 e. The van der Waals surface area contributed by atoms with Gasteiger partial charge in [0.05, 0.1) is 6.54 Å². The molecule has 0 fully saturated rings. The van der Waals surface area contributed by atoms with Gasteiger partial charge in [-0.1, -0.05) is 0 Å². The van der Waals surface area contributed by atoms with Gasteiger partial charge < -0.3 is 10.6 Å². The number of rotatable bonds is 3. The van der Waals surface area contributed by atoms with Gasteiger partial charge >= 0.3 is 0 Å². The summed E-state index contributed by atoms with van der Waals surface area (Å²) in [7, 11) is 1.98. The highest BCUT2D eigenvalue weighted by Crippen LogP contribution is 2.24. The molecule has 0 aromatic carbocycles. The van der Waals surface area contributed by atoms with Crippen LogP contribution < -0.4 is 10.6 Å². The molecular weight excluding hydrogens is 296 g/mol. The molecule has 0 unspecified atom stereocenters. The molecule has 0 aliphatic carbocycles. The van der Waals surface area contributed by atoms with Crippen LogP contribution in [0.15, 0.2) is 15.9 Å². The number of hydrogen-bond acceptors (Lipinski definition) is 6. The topological polar surface area (TPSA) is 55.0 Å². The van der Waals surface area contributed by atoms with E-state index in [1.807, 2.05) is 11.9 Å². The van der Waals surface area contributed by atoms with Crippen molar-refractivity contribution in [3.8, 4) is 0 Å². The zero-order chi connectivity index (χ0) is 10.8. The molecule has 4 nitrogen and oxygen atoms in total. The average molecular weight is 305 g/mol. The Morgan fingerprint density at radius 1 is 1.60 bits per heavy atom. The maximum absolute atomic E-state index is 5.47. The Balaban J connectivity index is 2.06. The normalized spacial score (nSPS) is 10.5. The maximum atomic E-state index is 5.47. The van der Waals surface area contributed by atoms with Crippen molar-refractivity contribution in [1.82, 2.24) is 9.36 Å². The van der Waals surface area contributed by atoms with E-state index in [-0.39, 0.29) is 0 Å². The van der Waals surface area contributed by atoms with E-state index in [4.69, 9.17) is 5.73 Å². The monoisotopic (exact) mass is 304 g/mol. The molecular formula is C8H9BrN4S2. The number of anilines is 2. The number of nitrogens with zero attached hydrogens (tertiary/aromatic N) is 3. The van der Waals surface area contributed by atoms with Crippen LogP contribution in [0.25, 0.3) is 0 Å². The van der Waals surface area contributed by atoms with Crippen molar-refractivity contribution in [1.29, 1.82) is 0 Å². The molecule has 2 rings (SSSR count). The molecule has 2 heterocycles. The smallest absolute Gasteiger partial charge is 0.233 e. The summed E-state index contributed by atoms with van der Waals surface area (Å²) in [6, 6.07) is 2.10. The number of halogens is 1. The van der Waals surface area contributed by atoms with Crippen LogP contribution in [-0.2, 0) is 6.54 Å². The zero-order valence-electron chi connectivity index (χ0n) is 7.98. The Kier molecular flexibility index (Phi) is 3.22. The molecule has 0 atom stereocenters. The van der Waals surface area contributed by atoms with Gasteiger partial charge in [0, 0.05) is 33.3 Å². The Bertz CT molecular complexity index is 453. The van der Waals surface area contributed by atoms with Crippen LogP contribution in [0.3, 0.4) is 0 Å². The molecule has 2 aromatic heterocycles. The van der Waals surface area contributed by atoms with E-state index >= 15 is 0 Å². The molecule has 0 amide bonds. The van der Waals surface area contributed by atoms with Gasteiger partial charge in [-0.3, -0.25) is 0 Å². The lowest BCUT2D eigenvalue weighted by Crippen LogP contribution is -2.15. The molecule has 80 valence electrons. The fourth-order valence-corrected chi connectivity index (χ4v) is 3.18. The Hall–Kier alpha value is -0.660. The molecule has 0 bridgehead atoms. The molecule has 2 aromatic rings. The molecule has 0 aliphatic heterocycles. The third-order valence-electron chi connectivity index (χ3n) is 1.77. The summed E-state index contributed by atoms with van der Waals surface area (Å²) in [5, 5.41) is 2.91. The number of aromatic nitrogens is 2. The molecule has 0 aliphatic rings. The van der Waals surface area contributed by atoms with Crippen molar-refractivity contribution in [2.45, 2.75) is 6.54 Å². The second-order valence-electron chi connectivity index (χ2n) is 3.02. The van der Waals surface area contributed by atoms with Crippen molar-refractivity contribution in [3.63, 3.8) is 0 Å². The first-order valence-corrected chi connectivity index (χ1v) is 6.63. The summed E-state index contributed by atoms with van der Waals surface area (Å²) in [5.41, 5.74) is 5.47. The van der Waals surface area contributed by atoms with E-state index in [0.717, 1.165) is 16.1 Å². The number of hydrogen-bond donors (Lipinski definition) is 1. The molecule has 0 radical (unpaired) electrons. The average Bonchev–Trinajstić information content (AvgIpc) is 2.75. The van der Waals surface area contributed by atoms with Crippen molar-refractivity contribution in [3.05, 3.63) is 20.8 Å². The molecule has 15 heavy (non-hydrogen) atoms. The van der Waals surface area contributed by atoms with Crippen LogP contribution in [-0.4, -0.2) is 16.4 Å². The van der Waals surface area contributed by atoms with Gasteiger partial charge in [0.25, 0.3) is 0 Å². The lowest BCUT2D eigenvalue weighted by molar-refractivity contribution is 0.931. The number of thiophene rings is 1. The second kappa shape index (κ2) is 4.46. The summed E-state index contributed by atoms with van der Waals surface area (Å²) < 4.78 is 5.06. The Labute approximate surface area is 104 Å². The second-order valence-corrected chi connectivity index (χ2v) is 5.66. The van der Waals surface area contributed by atoms with Crippen molar-refractivity contribution < 1.29 is 0 Å². The van der Waals surface area contributed by atoms with Crippen molar-refractivity contribution >= 4 is 49.9 Å². The highest BCUT2D eigenvalue weighted by Gasteiger charge is 2.08. The highest BCUT2D eigenvalue weighted by molar-refractivity contribution is 9.10. The van der Waals surface area contributed by atoms with E-state index < -0.39 is 0 Å². The zero-order valence-corrected chi connectivity index (χ0v) is 11.2. The lowest BCUT2D eigenvalue weighted by Gasteiger charge is -2.12. The van der Waals surface area contributed by atoms with Crippen LogP contribution >= 0.6 is 38.8 Å². The van der Waals surface area contributed by atoms with Crippen LogP contribution in [0.1, 0.15) is 4.88 Å². The van der Waals surface area contributed by atoms with E-state index in [1.165, 1.54) is 16.4 Å². The predicted molar refractivity (Wildman–Crippen MR) is 68.4 cm³/mol. The molecule has 0 spiro atoms. The van der Waals surface area contributed by atoms with Crippen LogP contribution in [0.5, 0.6) is 0 Å². The third kappa shape index (κ3) is 2.67. The molecule has 7 heteroatoms. The summed E-state index contributed by atoms with van der Waals surface area (Å²) in [6.07, 6.45) is 0. The highest BCUT2D eigenvalue weighted by atomic mass is 79.9. The first-order chi connectivity index (χ1) is 7.15. The first-order valence-electron chi connectivity index (χ1n) is 4.18. The summed E-state index contributed by atoms with van der Waals surface area (Å²) in [5.74, 6) is 0.342. The van der Waals surface area contributed by atoms with Gasteiger partial charge in [-0.25, -0.2) is 0 Å². The van der Waals surface area contributed by atoms with Crippen molar-refractivity contribution in [2.24, 2.45) is 0 Å². The Morgan fingerprint density at radius 2 is 2.40 bits per heavy atom. The SMILES string of the molecule is CN(Cc1cc(Br)cs1)c1nc(N)ns1. The summed E-state index contributed by atoms with van der Waals surface area (Å²) in [6.45, 7) is 0.824. The molecule has 0 saturated carbocycles. The number of nitrogens with two attached hydrogens (primary N) is 1. The van der Waals surface area contributed by atoms with Crippen molar-refractivity contribution in [2.75, 3.05) is 17.7 Å². The van der Waals surface area contributed by atoms with Crippen LogP contribution in [0.2, 0.25) is 0 Å². The van der Waals surface area contributed by atoms with Gasteiger partial charge in [0.15, 0.2) is 0 Å². The quantitative estimate of drug-likeness (QED) is 0.947. The number of nitrogen functional groups attached to an aromatic ring is 1. The summed E-state index contributed by atoms with van der Waals surface area (Å²) >= 11 is 6.46. The Morgan fingerprint density at radius 3 is 2.93 bits per heavy atom. The fourth-order valence-electron chi connectivity index (χ4n) is 1.12. The van der Waals surface area contributed by atoms with Gasteiger partial charge in [-0.2, -0.15) is 9.36 Å². The first kappa shape index (κ1) is 10.8. The predicted octanol–water partition coefficient (Wildman–Crippen LogP) is 2.58.